The van der Waals surface area contributed by atoms with Crippen molar-refractivity contribution < 1.29 is 31.9 Å². The van der Waals surface area contributed by atoms with E-state index in [1.54, 1.807) is 12.1 Å². The van der Waals surface area contributed by atoms with E-state index in [0.717, 1.165) is 0 Å². The second-order valence-corrected chi connectivity index (χ2v) is 4.05. The molecular weight excluding hydrogens is 293 g/mol. The highest BCUT2D eigenvalue weighted by atomic mass is 19.4. The Morgan fingerprint density at radius 3 is 2.62 bits per heavy atom. The summed E-state index contributed by atoms with van der Waals surface area (Å²) in [6, 6.07) is 3.35. The smallest absolute Gasteiger partial charge is 0.411 e. The van der Waals surface area contributed by atoms with Gasteiger partial charge in [-0.25, -0.2) is 0 Å². The molecule has 1 rings (SSSR count). The molecule has 1 heterocycles. The molecule has 0 aromatic carbocycles. The lowest BCUT2D eigenvalue weighted by Crippen LogP contribution is -2.37. The largest absolute Gasteiger partial charge is 0.467 e. The maximum atomic E-state index is 11.7. The molecule has 118 valence electrons. The molecule has 1 aromatic heterocycles. The fourth-order valence-electron chi connectivity index (χ4n) is 1.28. The first kappa shape index (κ1) is 17.0. The van der Waals surface area contributed by atoms with Gasteiger partial charge in [-0.15, -0.1) is 0 Å². The van der Waals surface area contributed by atoms with Crippen LogP contribution in [0.1, 0.15) is 12.2 Å². The van der Waals surface area contributed by atoms with Gasteiger partial charge in [-0.3, -0.25) is 9.59 Å². The van der Waals surface area contributed by atoms with Crippen LogP contribution in [-0.4, -0.2) is 37.7 Å². The number of nitrogens with one attached hydrogen (secondary N) is 2. The molecule has 2 amide bonds. The number of amides is 2. The van der Waals surface area contributed by atoms with Crippen molar-refractivity contribution in [3.8, 4) is 0 Å². The van der Waals surface area contributed by atoms with Crippen LogP contribution in [0.2, 0.25) is 0 Å². The van der Waals surface area contributed by atoms with Gasteiger partial charge in [-0.1, -0.05) is 0 Å². The van der Waals surface area contributed by atoms with Crippen molar-refractivity contribution in [1.82, 2.24) is 10.6 Å². The number of alkyl halides is 3. The van der Waals surface area contributed by atoms with Crippen molar-refractivity contribution >= 4 is 11.8 Å². The molecule has 0 unspecified atom stereocenters. The van der Waals surface area contributed by atoms with Gasteiger partial charge in [0.25, 0.3) is 0 Å². The molecule has 1 aromatic rings. The first-order chi connectivity index (χ1) is 9.87. The molecular formula is C12H15F3N2O4. The lowest BCUT2D eigenvalue weighted by atomic mass is 10.4. The Morgan fingerprint density at radius 2 is 2.00 bits per heavy atom. The van der Waals surface area contributed by atoms with E-state index in [1.165, 1.54) is 6.26 Å². The molecule has 0 saturated carbocycles. The van der Waals surface area contributed by atoms with Crippen LogP contribution < -0.4 is 10.6 Å². The topological polar surface area (TPSA) is 80.6 Å². The monoisotopic (exact) mass is 308 g/mol. The van der Waals surface area contributed by atoms with E-state index in [0.29, 0.717) is 5.76 Å². The van der Waals surface area contributed by atoms with E-state index in [9.17, 15) is 22.8 Å². The Balaban J connectivity index is 2.05. The molecule has 2 N–H and O–H groups in total. The van der Waals surface area contributed by atoms with Crippen LogP contribution in [0.25, 0.3) is 0 Å². The highest BCUT2D eigenvalue weighted by Crippen LogP contribution is 2.14. The van der Waals surface area contributed by atoms with Crippen LogP contribution in [0.3, 0.4) is 0 Å². The van der Waals surface area contributed by atoms with E-state index in [4.69, 9.17) is 4.42 Å². The van der Waals surface area contributed by atoms with Gasteiger partial charge in [-0.05, 0) is 12.1 Å². The third-order valence-electron chi connectivity index (χ3n) is 2.23. The van der Waals surface area contributed by atoms with Gasteiger partial charge in [0.1, 0.15) is 12.4 Å². The normalized spacial score (nSPS) is 11.2. The van der Waals surface area contributed by atoms with Crippen LogP contribution in [0, 0.1) is 0 Å². The van der Waals surface area contributed by atoms with Crippen LogP contribution >= 0.6 is 0 Å². The van der Waals surface area contributed by atoms with Gasteiger partial charge >= 0.3 is 6.18 Å². The first-order valence-corrected chi connectivity index (χ1v) is 6.07. The molecule has 6 nitrogen and oxygen atoms in total. The van der Waals surface area contributed by atoms with Crippen molar-refractivity contribution in [2.75, 3.05) is 19.8 Å². The van der Waals surface area contributed by atoms with Crippen LogP contribution in [-0.2, 0) is 20.9 Å². The van der Waals surface area contributed by atoms with Crippen molar-refractivity contribution in [1.29, 1.82) is 0 Å². The number of ether oxygens (including phenoxy) is 1. The molecule has 9 heteroatoms. The number of halogens is 3. The Morgan fingerprint density at radius 1 is 1.24 bits per heavy atom. The minimum Gasteiger partial charge on any atom is -0.467 e. The molecule has 21 heavy (non-hydrogen) atoms. The number of hydrogen-bond acceptors (Lipinski definition) is 4. The number of rotatable bonds is 8. The van der Waals surface area contributed by atoms with Gasteiger partial charge in [0.05, 0.1) is 26.0 Å². The quantitative estimate of drug-likeness (QED) is 0.702. The predicted molar refractivity (Wildman–Crippen MR) is 65.1 cm³/mol. The Bertz CT molecular complexity index is 446. The van der Waals surface area contributed by atoms with Crippen LogP contribution in [0.4, 0.5) is 13.2 Å². The number of furan rings is 1. The molecule has 0 spiro atoms. The Hall–Kier alpha value is -2.03. The van der Waals surface area contributed by atoms with Crippen molar-refractivity contribution in [2.45, 2.75) is 19.1 Å². The molecule has 0 radical (unpaired) electrons. The van der Waals surface area contributed by atoms with Crippen molar-refractivity contribution in [2.24, 2.45) is 0 Å². The second-order valence-electron chi connectivity index (χ2n) is 4.05. The standard InChI is InChI=1S/C12H15F3N2O4/c13-12(14,15)8-20-5-3-10(18)17-7-11(19)16-6-9-2-1-4-21-9/h1-2,4H,3,5-8H2,(H,16,19)(H,17,18). The first-order valence-electron chi connectivity index (χ1n) is 6.07. The zero-order valence-electron chi connectivity index (χ0n) is 11.0. The Labute approximate surface area is 118 Å². The lowest BCUT2D eigenvalue weighted by Gasteiger charge is -2.08. The fourth-order valence-corrected chi connectivity index (χ4v) is 1.28. The summed E-state index contributed by atoms with van der Waals surface area (Å²) in [5.74, 6) is -0.434. The molecule has 0 aliphatic carbocycles. The summed E-state index contributed by atoms with van der Waals surface area (Å²) in [5, 5.41) is 4.77. The van der Waals surface area contributed by atoms with E-state index in [1.807, 2.05) is 0 Å². The maximum Gasteiger partial charge on any atom is 0.411 e. The predicted octanol–water partition coefficient (Wildman–Crippen LogP) is 0.981. The summed E-state index contributed by atoms with van der Waals surface area (Å²) in [7, 11) is 0. The van der Waals surface area contributed by atoms with E-state index in [2.05, 4.69) is 15.4 Å². The SMILES string of the molecule is O=C(CCOCC(F)(F)F)NCC(=O)NCc1ccco1. The summed E-state index contributed by atoms with van der Waals surface area (Å²) in [6.45, 7) is -1.83. The van der Waals surface area contributed by atoms with Crippen molar-refractivity contribution in [3.05, 3.63) is 24.2 Å². The van der Waals surface area contributed by atoms with Crippen LogP contribution in [0.15, 0.2) is 22.8 Å². The van der Waals surface area contributed by atoms with E-state index in [-0.39, 0.29) is 26.1 Å². The highest BCUT2D eigenvalue weighted by molar-refractivity contribution is 5.84. The molecule has 0 saturated heterocycles. The summed E-state index contributed by atoms with van der Waals surface area (Å²) >= 11 is 0. The molecule has 0 bridgehead atoms. The molecule has 0 atom stereocenters. The third-order valence-corrected chi connectivity index (χ3v) is 2.23. The van der Waals surface area contributed by atoms with E-state index >= 15 is 0 Å². The van der Waals surface area contributed by atoms with Gasteiger partial charge in [0, 0.05) is 6.42 Å². The van der Waals surface area contributed by atoms with Gasteiger partial charge < -0.3 is 19.8 Å². The summed E-state index contributed by atoms with van der Waals surface area (Å²) in [4.78, 5) is 22.6. The van der Waals surface area contributed by atoms with Gasteiger partial charge in [0.15, 0.2) is 0 Å². The fraction of sp³-hybridized carbons (Fsp3) is 0.500. The highest BCUT2D eigenvalue weighted by Gasteiger charge is 2.27. The van der Waals surface area contributed by atoms with Gasteiger partial charge in [-0.2, -0.15) is 13.2 Å². The minimum atomic E-state index is -4.41. The summed E-state index contributed by atoms with van der Waals surface area (Å²) < 4.78 is 44.5. The summed E-state index contributed by atoms with van der Waals surface area (Å²) in [5.41, 5.74) is 0. The second kappa shape index (κ2) is 8.30. The molecule has 0 fully saturated rings. The average Bonchev–Trinajstić information content (AvgIpc) is 2.91. The third kappa shape index (κ3) is 8.69. The number of carbonyl (C=O) groups excluding carboxylic acids is 2. The lowest BCUT2D eigenvalue weighted by molar-refractivity contribution is -0.174. The molecule has 0 aliphatic rings. The zero-order chi connectivity index (χ0) is 15.7. The Kier molecular flexibility index (Phi) is 6.73. The maximum absolute atomic E-state index is 11.7. The molecule has 0 aliphatic heterocycles. The van der Waals surface area contributed by atoms with Gasteiger partial charge in [0.2, 0.25) is 11.8 Å². The summed E-state index contributed by atoms with van der Waals surface area (Å²) in [6.07, 6.45) is -3.20. The zero-order valence-corrected chi connectivity index (χ0v) is 11.0. The van der Waals surface area contributed by atoms with Crippen molar-refractivity contribution in [3.63, 3.8) is 0 Å². The minimum absolute atomic E-state index is 0.191. The van der Waals surface area contributed by atoms with E-state index < -0.39 is 24.6 Å². The van der Waals surface area contributed by atoms with Crippen LogP contribution in [0.5, 0.6) is 0 Å². The number of hydrogen-bond donors (Lipinski definition) is 2. The number of carbonyl (C=O) groups is 2. The average molecular weight is 308 g/mol.